The van der Waals surface area contributed by atoms with Gasteiger partial charge in [0.05, 0.1) is 38.7 Å². The third-order valence-electron chi connectivity index (χ3n) is 4.50. The second-order valence-corrected chi connectivity index (χ2v) is 8.63. The summed E-state index contributed by atoms with van der Waals surface area (Å²) < 4.78 is 31.1. The molecule has 1 heterocycles. The van der Waals surface area contributed by atoms with E-state index < -0.39 is 22.0 Å². The third kappa shape index (κ3) is 5.93. The number of benzene rings is 1. The Morgan fingerprint density at radius 3 is 2.41 bits per heavy atom. The van der Waals surface area contributed by atoms with Crippen LogP contribution in [0.1, 0.15) is 26.7 Å². The number of hydrogen-bond acceptors (Lipinski definition) is 5. The molecule has 1 aliphatic heterocycles. The van der Waals surface area contributed by atoms with E-state index in [-0.39, 0.29) is 0 Å². The van der Waals surface area contributed by atoms with Crippen molar-refractivity contribution in [2.45, 2.75) is 32.7 Å². The number of rotatable bonds is 7. The van der Waals surface area contributed by atoms with Crippen LogP contribution in [0, 0.1) is 0 Å². The first-order valence-electron chi connectivity index (χ1n) is 9.11. The molecule has 2 rings (SSSR count). The van der Waals surface area contributed by atoms with E-state index in [1.54, 1.807) is 31.2 Å². The van der Waals surface area contributed by atoms with Crippen LogP contribution in [0.15, 0.2) is 29.4 Å². The first kappa shape index (κ1) is 21.2. The maximum absolute atomic E-state index is 12.5. The Balaban J connectivity index is 2.13. The quantitative estimate of drug-likeness (QED) is 0.635. The Bertz CT molecular complexity index is 767. The zero-order chi connectivity index (χ0) is 20.0. The molecule has 1 aliphatic rings. The smallest absolute Gasteiger partial charge is 0.263 e. The molecule has 9 heteroatoms. The lowest BCUT2D eigenvalue weighted by Crippen LogP contribution is -3.10. The maximum Gasteiger partial charge on any atom is 0.263 e. The van der Waals surface area contributed by atoms with E-state index in [4.69, 9.17) is 4.74 Å². The van der Waals surface area contributed by atoms with Gasteiger partial charge in [-0.3, -0.25) is 9.10 Å². The number of hydrogen-bond donors (Lipinski definition) is 2. The fourth-order valence-electron chi connectivity index (χ4n) is 2.97. The summed E-state index contributed by atoms with van der Waals surface area (Å²) in [5, 5.41) is 4.20. The Kier molecular flexibility index (Phi) is 7.20. The van der Waals surface area contributed by atoms with E-state index in [1.807, 2.05) is 6.92 Å². The number of anilines is 1. The summed E-state index contributed by atoms with van der Waals surface area (Å²) in [6, 6.07) is 5.69. The Morgan fingerprint density at radius 1 is 1.30 bits per heavy atom. The van der Waals surface area contributed by atoms with Crippen molar-refractivity contribution in [3.63, 3.8) is 0 Å². The highest BCUT2D eigenvalue weighted by Gasteiger charge is 2.29. The number of piperidine rings is 1. The number of nitrogens with zero attached hydrogens (tertiary/aromatic N) is 2. The lowest BCUT2D eigenvalue weighted by atomic mass is 10.1. The summed E-state index contributed by atoms with van der Waals surface area (Å²) >= 11 is 0. The van der Waals surface area contributed by atoms with Gasteiger partial charge in [-0.05, 0) is 38.1 Å². The molecule has 1 aromatic carbocycles. The lowest BCUT2D eigenvalue weighted by Gasteiger charge is -2.28. The number of amides is 1. The Labute approximate surface area is 161 Å². The van der Waals surface area contributed by atoms with E-state index >= 15 is 0 Å². The molecular formula is C18H29N4O4S+. The minimum absolute atomic E-state index is 0.402. The zero-order valence-electron chi connectivity index (χ0n) is 16.4. The highest BCUT2D eigenvalue weighted by atomic mass is 32.2. The molecule has 1 atom stereocenters. The summed E-state index contributed by atoms with van der Waals surface area (Å²) in [5.41, 5.74) is 3.87. The summed E-state index contributed by atoms with van der Waals surface area (Å²) in [5.74, 6) is 0.177. The van der Waals surface area contributed by atoms with E-state index in [0.29, 0.717) is 18.0 Å². The van der Waals surface area contributed by atoms with Gasteiger partial charge < -0.3 is 9.64 Å². The molecule has 0 unspecified atom stereocenters. The molecule has 0 saturated carbocycles. The number of ether oxygens (including phenoxy) is 1. The molecular weight excluding hydrogens is 368 g/mol. The zero-order valence-corrected chi connectivity index (χ0v) is 17.2. The van der Waals surface area contributed by atoms with Gasteiger partial charge in [-0.2, -0.15) is 5.10 Å². The fourth-order valence-corrected chi connectivity index (χ4v) is 4.14. The van der Waals surface area contributed by atoms with Crippen LogP contribution in [0.4, 0.5) is 5.69 Å². The minimum Gasteiger partial charge on any atom is -0.494 e. The predicted molar refractivity (Wildman–Crippen MR) is 106 cm³/mol. The monoisotopic (exact) mass is 397 g/mol. The van der Waals surface area contributed by atoms with Crippen molar-refractivity contribution in [2.24, 2.45) is 5.10 Å². The highest BCUT2D eigenvalue weighted by molar-refractivity contribution is 7.92. The first-order valence-corrected chi connectivity index (χ1v) is 11.0. The number of quaternary nitrogens is 1. The summed E-state index contributed by atoms with van der Waals surface area (Å²) in [6.07, 6.45) is 2.74. The standard InChI is InChI=1S/C18H28N4O4S/c1-5-26-17-8-6-16(7-9-17)22(27(4,24)25)14(2)18(23)20-19-15-10-12-21(3)13-11-15/h6-9,14H,5,10-13H2,1-4H3,(H,20,23)/p+1/t14-/m1/s1. The SMILES string of the molecule is CCOc1ccc(N([C@H](C)C(=O)NN=C2CC[NH+](C)CC2)S(C)(=O)=O)cc1. The van der Waals surface area contributed by atoms with Crippen molar-refractivity contribution in [3.05, 3.63) is 24.3 Å². The molecule has 1 aromatic rings. The van der Waals surface area contributed by atoms with Crippen molar-refractivity contribution in [1.29, 1.82) is 0 Å². The molecule has 0 aliphatic carbocycles. The Hall–Kier alpha value is -2.13. The fraction of sp³-hybridized carbons (Fsp3) is 0.556. The van der Waals surface area contributed by atoms with E-state index in [2.05, 4.69) is 17.6 Å². The molecule has 27 heavy (non-hydrogen) atoms. The van der Waals surface area contributed by atoms with Crippen LogP contribution >= 0.6 is 0 Å². The molecule has 1 fully saturated rings. The second kappa shape index (κ2) is 9.18. The minimum atomic E-state index is -3.66. The Morgan fingerprint density at radius 2 is 1.89 bits per heavy atom. The van der Waals surface area contributed by atoms with Crippen molar-refractivity contribution < 1.29 is 22.8 Å². The lowest BCUT2D eigenvalue weighted by molar-refractivity contribution is -0.880. The van der Waals surface area contributed by atoms with E-state index in [9.17, 15) is 13.2 Å². The molecule has 0 radical (unpaired) electrons. The molecule has 0 spiro atoms. The van der Waals surface area contributed by atoms with E-state index in [0.717, 1.165) is 42.2 Å². The number of nitrogens with one attached hydrogen (secondary N) is 2. The van der Waals surface area contributed by atoms with Crippen LogP contribution in [0.2, 0.25) is 0 Å². The van der Waals surface area contributed by atoms with Gasteiger partial charge in [0, 0.05) is 18.6 Å². The van der Waals surface area contributed by atoms with Gasteiger partial charge in [0.25, 0.3) is 5.91 Å². The summed E-state index contributed by atoms with van der Waals surface area (Å²) in [6.45, 7) is 5.89. The van der Waals surface area contributed by atoms with Crippen molar-refractivity contribution >= 4 is 27.3 Å². The summed E-state index contributed by atoms with van der Waals surface area (Å²) in [4.78, 5) is 14.0. The molecule has 2 N–H and O–H groups in total. The van der Waals surface area contributed by atoms with Gasteiger partial charge in [0.15, 0.2) is 0 Å². The molecule has 8 nitrogen and oxygen atoms in total. The third-order valence-corrected chi connectivity index (χ3v) is 5.74. The van der Waals surface area contributed by atoms with Gasteiger partial charge in [-0.1, -0.05) is 0 Å². The number of hydrazone groups is 1. The molecule has 1 saturated heterocycles. The largest absolute Gasteiger partial charge is 0.494 e. The average Bonchev–Trinajstić information content (AvgIpc) is 2.61. The predicted octanol–water partition coefficient (Wildman–Crippen LogP) is 0.0205. The topological polar surface area (TPSA) is 92.5 Å². The maximum atomic E-state index is 12.5. The molecule has 1 amide bonds. The van der Waals surface area contributed by atoms with Crippen LogP contribution in [0.3, 0.4) is 0 Å². The van der Waals surface area contributed by atoms with Crippen molar-refractivity contribution in [1.82, 2.24) is 5.43 Å². The van der Waals surface area contributed by atoms with Crippen LogP contribution in [-0.4, -0.2) is 59.1 Å². The number of sulfonamides is 1. The van der Waals surface area contributed by atoms with Crippen LogP contribution in [-0.2, 0) is 14.8 Å². The van der Waals surface area contributed by atoms with E-state index in [1.165, 1.54) is 4.90 Å². The van der Waals surface area contributed by atoms with Gasteiger partial charge in [-0.25, -0.2) is 13.8 Å². The molecule has 0 bridgehead atoms. The number of likely N-dealkylation sites (tertiary alicyclic amines) is 1. The van der Waals surface area contributed by atoms with Crippen LogP contribution in [0.25, 0.3) is 0 Å². The number of carbonyl (C=O) groups excluding carboxylic acids is 1. The highest BCUT2D eigenvalue weighted by Crippen LogP contribution is 2.24. The normalized spacial score (nSPS) is 18.5. The molecule has 0 aromatic heterocycles. The van der Waals surface area contributed by atoms with Crippen LogP contribution in [0.5, 0.6) is 5.75 Å². The number of carbonyl (C=O) groups is 1. The van der Waals surface area contributed by atoms with Gasteiger partial charge in [0.2, 0.25) is 10.0 Å². The van der Waals surface area contributed by atoms with Crippen LogP contribution < -0.4 is 19.4 Å². The summed E-state index contributed by atoms with van der Waals surface area (Å²) in [7, 11) is -1.53. The second-order valence-electron chi connectivity index (χ2n) is 6.77. The van der Waals surface area contributed by atoms with Crippen molar-refractivity contribution in [3.8, 4) is 5.75 Å². The molecule has 150 valence electrons. The average molecular weight is 398 g/mol. The van der Waals surface area contributed by atoms with Gasteiger partial charge >= 0.3 is 0 Å². The van der Waals surface area contributed by atoms with Gasteiger partial charge in [0.1, 0.15) is 11.8 Å². The van der Waals surface area contributed by atoms with Gasteiger partial charge in [-0.15, -0.1) is 0 Å². The van der Waals surface area contributed by atoms with Crippen molar-refractivity contribution in [2.75, 3.05) is 37.3 Å². The first-order chi connectivity index (χ1) is 12.7.